The topological polar surface area (TPSA) is 48.1 Å². The molecule has 0 radical (unpaired) electrons. The van der Waals surface area contributed by atoms with Crippen molar-refractivity contribution >= 4 is 11.3 Å². The maximum absolute atomic E-state index is 6.34. The van der Waals surface area contributed by atoms with Gasteiger partial charge < -0.3 is 10.5 Å². The largest absolute Gasteiger partial charge is 0.496 e. The Balaban J connectivity index is 2.26. The van der Waals surface area contributed by atoms with Gasteiger partial charge in [-0.25, -0.2) is 0 Å². The molecule has 2 rings (SSSR count). The fraction of sp³-hybridized carbons (Fsp3) is 0.438. The molecule has 0 bridgehead atoms. The molecule has 0 aromatic carbocycles. The molecule has 0 aliphatic heterocycles. The van der Waals surface area contributed by atoms with E-state index in [4.69, 9.17) is 10.5 Å². The number of thiophene rings is 1. The van der Waals surface area contributed by atoms with Crippen LogP contribution in [0.15, 0.2) is 12.3 Å². The van der Waals surface area contributed by atoms with Gasteiger partial charge in [-0.3, -0.25) is 4.98 Å². The molecule has 0 aliphatic carbocycles. The first-order chi connectivity index (χ1) is 9.43. The molecule has 2 aromatic heterocycles. The number of methoxy groups -OCH3 is 1. The van der Waals surface area contributed by atoms with Gasteiger partial charge >= 0.3 is 0 Å². The predicted octanol–water partition coefficient (Wildman–Crippen LogP) is 3.63. The summed E-state index contributed by atoms with van der Waals surface area (Å²) >= 11 is 1.78. The third kappa shape index (κ3) is 2.86. The van der Waals surface area contributed by atoms with E-state index in [1.165, 1.54) is 15.3 Å². The predicted molar refractivity (Wildman–Crippen MR) is 84.7 cm³/mol. The highest BCUT2D eigenvalue weighted by Crippen LogP contribution is 2.30. The zero-order valence-electron chi connectivity index (χ0n) is 12.8. The van der Waals surface area contributed by atoms with Crippen LogP contribution in [0.2, 0.25) is 0 Å². The molecule has 4 heteroatoms. The SMILES string of the molecule is COc1c(C)cnc(CC(N)c2cc(C)c(C)s2)c1C. The van der Waals surface area contributed by atoms with E-state index in [2.05, 4.69) is 24.9 Å². The monoisotopic (exact) mass is 290 g/mol. The van der Waals surface area contributed by atoms with Crippen LogP contribution in [0.3, 0.4) is 0 Å². The molecule has 20 heavy (non-hydrogen) atoms. The lowest BCUT2D eigenvalue weighted by atomic mass is 10.0. The lowest BCUT2D eigenvalue weighted by molar-refractivity contribution is 0.406. The zero-order chi connectivity index (χ0) is 14.9. The van der Waals surface area contributed by atoms with Gasteiger partial charge in [0.05, 0.1) is 7.11 Å². The Morgan fingerprint density at radius 2 is 1.95 bits per heavy atom. The minimum Gasteiger partial charge on any atom is -0.496 e. The van der Waals surface area contributed by atoms with Crippen molar-refractivity contribution in [3.63, 3.8) is 0 Å². The Morgan fingerprint density at radius 1 is 1.25 bits per heavy atom. The van der Waals surface area contributed by atoms with E-state index in [-0.39, 0.29) is 6.04 Å². The number of nitrogens with two attached hydrogens (primary N) is 1. The third-order valence-corrected chi connectivity index (χ3v) is 5.00. The molecule has 0 spiro atoms. The van der Waals surface area contributed by atoms with Crippen LogP contribution in [0.4, 0.5) is 0 Å². The van der Waals surface area contributed by atoms with E-state index in [0.717, 1.165) is 29.0 Å². The van der Waals surface area contributed by atoms with Gasteiger partial charge in [-0.05, 0) is 39.3 Å². The van der Waals surface area contributed by atoms with Crippen molar-refractivity contribution in [1.82, 2.24) is 4.98 Å². The molecule has 3 nitrogen and oxygen atoms in total. The Morgan fingerprint density at radius 3 is 2.50 bits per heavy atom. The molecule has 2 heterocycles. The Hall–Kier alpha value is -1.39. The van der Waals surface area contributed by atoms with Crippen LogP contribution in [0.1, 0.15) is 38.2 Å². The molecule has 2 N–H and O–H groups in total. The minimum atomic E-state index is -0.00832. The summed E-state index contributed by atoms with van der Waals surface area (Å²) < 4.78 is 5.45. The van der Waals surface area contributed by atoms with Crippen molar-refractivity contribution in [1.29, 1.82) is 0 Å². The van der Waals surface area contributed by atoms with Crippen LogP contribution in [-0.4, -0.2) is 12.1 Å². The number of aromatic nitrogens is 1. The van der Waals surface area contributed by atoms with Crippen molar-refractivity contribution in [2.75, 3.05) is 7.11 Å². The minimum absolute atomic E-state index is 0.00832. The van der Waals surface area contributed by atoms with Gasteiger partial charge in [-0.15, -0.1) is 11.3 Å². The molecule has 108 valence electrons. The number of aryl methyl sites for hydroxylation is 3. The first-order valence-electron chi connectivity index (χ1n) is 6.75. The lowest BCUT2D eigenvalue weighted by Gasteiger charge is -2.15. The van der Waals surface area contributed by atoms with Crippen LogP contribution < -0.4 is 10.5 Å². The number of hydrogen-bond donors (Lipinski definition) is 1. The van der Waals surface area contributed by atoms with Gasteiger partial charge in [-0.2, -0.15) is 0 Å². The first kappa shape index (κ1) is 15.0. The Kier molecular flexibility index (Phi) is 4.45. The fourth-order valence-corrected chi connectivity index (χ4v) is 3.41. The number of hydrogen-bond acceptors (Lipinski definition) is 4. The fourth-order valence-electron chi connectivity index (χ4n) is 2.37. The molecule has 1 unspecified atom stereocenters. The number of rotatable bonds is 4. The standard InChI is InChI=1S/C16H22N2OS/c1-9-6-15(20-12(9)4)13(17)7-14-11(3)16(19-5)10(2)8-18-14/h6,8,13H,7,17H2,1-5H3. The summed E-state index contributed by atoms with van der Waals surface area (Å²) in [5.74, 6) is 0.917. The Labute approximate surface area is 124 Å². The summed E-state index contributed by atoms with van der Waals surface area (Å²) in [5, 5.41) is 0. The molecule has 2 aromatic rings. The van der Waals surface area contributed by atoms with Crippen LogP contribution in [0.25, 0.3) is 0 Å². The van der Waals surface area contributed by atoms with E-state index in [1.807, 2.05) is 20.0 Å². The van der Waals surface area contributed by atoms with Crippen LogP contribution in [0.5, 0.6) is 5.75 Å². The quantitative estimate of drug-likeness (QED) is 0.935. The van der Waals surface area contributed by atoms with Crippen LogP contribution in [0, 0.1) is 27.7 Å². The van der Waals surface area contributed by atoms with E-state index >= 15 is 0 Å². The van der Waals surface area contributed by atoms with Gasteiger partial charge in [0.25, 0.3) is 0 Å². The zero-order valence-corrected chi connectivity index (χ0v) is 13.6. The highest BCUT2D eigenvalue weighted by molar-refractivity contribution is 7.12. The molecule has 1 atom stereocenters. The van der Waals surface area contributed by atoms with Gasteiger partial charge in [0.15, 0.2) is 0 Å². The van der Waals surface area contributed by atoms with Crippen molar-refractivity contribution in [3.8, 4) is 5.75 Å². The maximum Gasteiger partial charge on any atom is 0.128 e. The van der Waals surface area contributed by atoms with Gasteiger partial charge in [0.2, 0.25) is 0 Å². The highest BCUT2D eigenvalue weighted by Gasteiger charge is 2.16. The van der Waals surface area contributed by atoms with Crippen molar-refractivity contribution in [2.45, 2.75) is 40.2 Å². The maximum atomic E-state index is 6.34. The van der Waals surface area contributed by atoms with Gasteiger partial charge in [0.1, 0.15) is 5.75 Å². The van der Waals surface area contributed by atoms with E-state index < -0.39 is 0 Å². The highest BCUT2D eigenvalue weighted by atomic mass is 32.1. The van der Waals surface area contributed by atoms with Gasteiger partial charge in [0, 0.05) is 45.2 Å². The lowest BCUT2D eigenvalue weighted by Crippen LogP contribution is -2.14. The summed E-state index contributed by atoms with van der Waals surface area (Å²) in [7, 11) is 1.70. The third-order valence-electron chi connectivity index (χ3n) is 3.71. The molecule has 0 amide bonds. The summed E-state index contributed by atoms with van der Waals surface area (Å²) in [6.07, 6.45) is 2.60. The first-order valence-corrected chi connectivity index (χ1v) is 7.57. The molecule has 0 saturated carbocycles. The summed E-state index contributed by atoms with van der Waals surface area (Å²) in [4.78, 5) is 7.08. The van der Waals surface area contributed by atoms with Crippen molar-refractivity contribution in [3.05, 3.63) is 44.4 Å². The second kappa shape index (κ2) is 5.94. The average molecular weight is 290 g/mol. The normalized spacial score (nSPS) is 12.5. The number of pyridine rings is 1. The van der Waals surface area contributed by atoms with E-state index in [0.29, 0.717) is 0 Å². The summed E-state index contributed by atoms with van der Waals surface area (Å²) in [6, 6.07) is 2.18. The second-order valence-electron chi connectivity index (χ2n) is 5.24. The molecular weight excluding hydrogens is 268 g/mol. The second-order valence-corrected chi connectivity index (χ2v) is 6.53. The number of ether oxygens (including phenoxy) is 1. The van der Waals surface area contributed by atoms with Gasteiger partial charge in [-0.1, -0.05) is 0 Å². The van der Waals surface area contributed by atoms with Crippen molar-refractivity contribution in [2.24, 2.45) is 5.73 Å². The molecular formula is C16H22N2OS. The van der Waals surface area contributed by atoms with Crippen molar-refractivity contribution < 1.29 is 4.74 Å². The average Bonchev–Trinajstić information content (AvgIpc) is 2.74. The molecule has 0 aliphatic rings. The Bertz CT molecular complexity index is 600. The van der Waals surface area contributed by atoms with Crippen LogP contribution in [-0.2, 0) is 6.42 Å². The van der Waals surface area contributed by atoms with E-state index in [9.17, 15) is 0 Å². The molecule has 0 fully saturated rings. The van der Waals surface area contributed by atoms with E-state index in [1.54, 1.807) is 18.4 Å². The summed E-state index contributed by atoms with van der Waals surface area (Å²) in [6.45, 7) is 8.31. The molecule has 0 saturated heterocycles. The smallest absolute Gasteiger partial charge is 0.128 e. The number of nitrogens with zero attached hydrogens (tertiary/aromatic N) is 1. The van der Waals surface area contributed by atoms with Crippen LogP contribution >= 0.6 is 11.3 Å². The summed E-state index contributed by atoms with van der Waals surface area (Å²) in [5.41, 5.74) is 10.8.